The normalized spacial score (nSPS) is 17.6. The minimum absolute atomic E-state index is 0.247. The number of nitrogens with zero attached hydrogens (tertiary/aromatic N) is 6. The predicted molar refractivity (Wildman–Crippen MR) is 79.3 cm³/mol. The molecule has 1 aliphatic heterocycles. The van der Waals surface area contributed by atoms with Gasteiger partial charge in [0.15, 0.2) is 0 Å². The maximum absolute atomic E-state index is 5.09. The summed E-state index contributed by atoms with van der Waals surface area (Å²) in [4.78, 5) is 23.5. The third-order valence-electron chi connectivity index (χ3n) is 3.60. The second kappa shape index (κ2) is 6.08. The molecule has 3 rings (SSSR count). The van der Waals surface area contributed by atoms with Gasteiger partial charge >= 0.3 is 12.0 Å². The molecule has 1 saturated heterocycles. The zero-order valence-corrected chi connectivity index (χ0v) is 12.9. The lowest BCUT2D eigenvalue weighted by Crippen LogP contribution is -2.23. The summed E-state index contributed by atoms with van der Waals surface area (Å²) in [5.41, 5.74) is 0.979. The van der Waals surface area contributed by atoms with Crippen LogP contribution in [0.5, 0.6) is 12.0 Å². The van der Waals surface area contributed by atoms with E-state index >= 15 is 0 Å². The van der Waals surface area contributed by atoms with E-state index < -0.39 is 0 Å². The molecular weight excluding hydrogens is 284 g/mol. The van der Waals surface area contributed by atoms with Crippen LogP contribution in [0.2, 0.25) is 0 Å². The van der Waals surface area contributed by atoms with Gasteiger partial charge in [-0.3, -0.25) is 0 Å². The van der Waals surface area contributed by atoms with Crippen molar-refractivity contribution in [3.63, 3.8) is 0 Å². The van der Waals surface area contributed by atoms with Crippen LogP contribution in [0.4, 0.5) is 5.95 Å². The average molecular weight is 302 g/mol. The summed E-state index contributed by atoms with van der Waals surface area (Å²) in [6.45, 7) is 3.57. The second-order valence-corrected chi connectivity index (χ2v) is 5.10. The van der Waals surface area contributed by atoms with Crippen LogP contribution in [0.1, 0.15) is 23.9 Å². The largest absolute Gasteiger partial charge is 0.467 e. The number of rotatable bonds is 4. The molecule has 0 aromatic carbocycles. The molecule has 1 aliphatic rings. The molecule has 8 nitrogen and oxygen atoms in total. The number of aromatic nitrogens is 5. The zero-order valence-electron chi connectivity index (χ0n) is 12.9. The monoisotopic (exact) mass is 302 g/mol. The predicted octanol–water partition coefficient (Wildman–Crippen LogP) is 0.981. The molecular formula is C14H18N6O2. The summed E-state index contributed by atoms with van der Waals surface area (Å²) in [5, 5.41) is 0. The molecule has 22 heavy (non-hydrogen) atoms. The van der Waals surface area contributed by atoms with E-state index in [-0.39, 0.29) is 17.9 Å². The van der Waals surface area contributed by atoms with Crippen LogP contribution < -0.4 is 14.4 Å². The lowest BCUT2D eigenvalue weighted by Gasteiger charge is -2.16. The first-order valence-corrected chi connectivity index (χ1v) is 7.08. The molecule has 1 atom stereocenters. The van der Waals surface area contributed by atoms with Crippen molar-refractivity contribution in [2.75, 3.05) is 32.2 Å². The molecule has 2 aromatic heterocycles. The summed E-state index contributed by atoms with van der Waals surface area (Å²) in [5.74, 6) is 1.70. The minimum Gasteiger partial charge on any atom is -0.467 e. The van der Waals surface area contributed by atoms with Crippen LogP contribution in [0.3, 0.4) is 0 Å². The second-order valence-electron chi connectivity index (χ2n) is 5.10. The van der Waals surface area contributed by atoms with E-state index in [1.54, 1.807) is 6.20 Å². The molecule has 116 valence electrons. The fourth-order valence-corrected chi connectivity index (χ4v) is 2.47. The molecule has 0 spiro atoms. The van der Waals surface area contributed by atoms with Gasteiger partial charge in [0.25, 0.3) is 0 Å². The van der Waals surface area contributed by atoms with Gasteiger partial charge in [0, 0.05) is 30.9 Å². The van der Waals surface area contributed by atoms with Gasteiger partial charge in [0.05, 0.1) is 14.2 Å². The molecule has 0 bridgehead atoms. The molecule has 2 aromatic rings. The van der Waals surface area contributed by atoms with Gasteiger partial charge < -0.3 is 14.4 Å². The highest BCUT2D eigenvalue weighted by atomic mass is 16.5. The van der Waals surface area contributed by atoms with E-state index in [0.717, 1.165) is 31.0 Å². The van der Waals surface area contributed by atoms with E-state index in [1.807, 2.05) is 13.0 Å². The smallest absolute Gasteiger partial charge is 0.324 e. The van der Waals surface area contributed by atoms with Crippen LogP contribution in [0, 0.1) is 6.92 Å². The summed E-state index contributed by atoms with van der Waals surface area (Å²) >= 11 is 0. The summed E-state index contributed by atoms with van der Waals surface area (Å²) in [6.07, 6.45) is 2.76. The Kier molecular flexibility index (Phi) is 3.99. The number of ether oxygens (including phenoxy) is 2. The molecule has 0 aliphatic carbocycles. The van der Waals surface area contributed by atoms with Gasteiger partial charge in [0.1, 0.15) is 5.82 Å². The van der Waals surface area contributed by atoms with E-state index in [0.29, 0.717) is 5.95 Å². The van der Waals surface area contributed by atoms with Crippen molar-refractivity contribution >= 4 is 5.95 Å². The van der Waals surface area contributed by atoms with Gasteiger partial charge in [-0.25, -0.2) is 9.97 Å². The van der Waals surface area contributed by atoms with Crippen LogP contribution >= 0.6 is 0 Å². The van der Waals surface area contributed by atoms with Crippen molar-refractivity contribution in [1.82, 2.24) is 24.9 Å². The van der Waals surface area contributed by atoms with Crippen LogP contribution in [-0.4, -0.2) is 52.2 Å². The molecule has 0 amide bonds. The number of hydrogen-bond donors (Lipinski definition) is 0. The Morgan fingerprint density at radius 3 is 2.45 bits per heavy atom. The number of methoxy groups -OCH3 is 2. The van der Waals surface area contributed by atoms with Crippen molar-refractivity contribution in [3.05, 3.63) is 23.8 Å². The Bertz CT molecular complexity index is 643. The average Bonchev–Trinajstić information content (AvgIpc) is 3.04. The first kappa shape index (κ1) is 14.4. The molecule has 3 heterocycles. The standard InChI is InChI=1S/C14H18N6O2/c1-9-4-6-15-11(16-9)10-5-7-20(8-10)12-17-13(21-2)19-14(18-12)22-3/h4,6,10H,5,7-8H2,1-3H3/t10-/m1/s1. The van der Waals surface area contributed by atoms with Crippen LogP contribution in [-0.2, 0) is 0 Å². The van der Waals surface area contributed by atoms with Gasteiger partial charge in [-0.2, -0.15) is 9.97 Å². The molecule has 8 heteroatoms. The Balaban J connectivity index is 1.80. The topological polar surface area (TPSA) is 86.2 Å². The summed E-state index contributed by atoms with van der Waals surface area (Å²) in [6, 6.07) is 2.40. The van der Waals surface area contributed by atoms with Crippen LogP contribution in [0.25, 0.3) is 0 Å². The van der Waals surface area contributed by atoms with Gasteiger partial charge in [-0.05, 0) is 19.4 Å². The van der Waals surface area contributed by atoms with Gasteiger partial charge in [-0.1, -0.05) is 0 Å². The maximum Gasteiger partial charge on any atom is 0.324 e. The van der Waals surface area contributed by atoms with E-state index in [2.05, 4.69) is 29.8 Å². The molecule has 1 fully saturated rings. The number of hydrogen-bond acceptors (Lipinski definition) is 8. The van der Waals surface area contributed by atoms with E-state index in [9.17, 15) is 0 Å². The Morgan fingerprint density at radius 1 is 1.09 bits per heavy atom. The van der Waals surface area contributed by atoms with Crippen molar-refractivity contribution in [3.8, 4) is 12.0 Å². The SMILES string of the molecule is COc1nc(OC)nc(N2CC[C@@H](c3nccc(C)n3)C2)n1. The maximum atomic E-state index is 5.09. The highest BCUT2D eigenvalue weighted by Crippen LogP contribution is 2.28. The summed E-state index contributed by atoms with van der Waals surface area (Å²) in [7, 11) is 3.04. The van der Waals surface area contributed by atoms with Crippen molar-refractivity contribution in [2.24, 2.45) is 0 Å². The van der Waals surface area contributed by atoms with E-state index in [1.165, 1.54) is 14.2 Å². The Labute approximate surface area is 128 Å². The fourth-order valence-electron chi connectivity index (χ4n) is 2.47. The molecule has 0 saturated carbocycles. The van der Waals surface area contributed by atoms with Crippen molar-refractivity contribution in [1.29, 1.82) is 0 Å². The molecule has 0 unspecified atom stereocenters. The van der Waals surface area contributed by atoms with Gasteiger partial charge in [0.2, 0.25) is 5.95 Å². The first-order valence-electron chi connectivity index (χ1n) is 7.08. The fraction of sp³-hybridized carbons (Fsp3) is 0.500. The summed E-state index contributed by atoms with van der Waals surface area (Å²) < 4.78 is 10.2. The molecule has 0 N–H and O–H groups in total. The Hall–Kier alpha value is -2.51. The number of aryl methyl sites for hydroxylation is 1. The van der Waals surface area contributed by atoms with Crippen molar-refractivity contribution in [2.45, 2.75) is 19.3 Å². The molecule has 0 radical (unpaired) electrons. The van der Waals surface area contributed by atoms with Crippen LogP contribution in [0.15, 0.2) is 12.3 Å². The Morgan fingerprint density at radius 2 is 1.82 bits per heavy atom. The van der Waals surface area contributed by atoms with Gasteiger partial charge in [-0.15, -0.1) is 4.98 Å². The third kappa shape index (κ3) is 2.90. The highest BCUT2D eigenvalue weighted by molar-refractivity contribution is 5.35. The minimum atomic E-state index is 0.247. The van der Waals surface area contributed by atoms with E-state index in [4.69, 9.17) is 9.47 Å². The lowest BCUT2D eigenvalue weighted by molar-refractivity contribution is 0.340. The number of anilines is 1. The lowest BCUT2D eigenvalue weighted by atomic mass is 10.1. The third-order valence-corrected chi connectivity index (χ3v) is 3.60. The highest BCUT2D eigenvalue weighted by Gasteiger charge is 2.28. The first-order chi connectivity index (χ1) is 10.7. The van der Waals surface area contributed by atoms with Crippen molar-refractivity contribution < 1.29 is 9.47 Å². The quantitative estimate of drug-likeness (QED) is 0.826. The zero-order chi connectivity index (χ0) is 15.5.